The number of hydrogen-bond donors (Lipinski definition) is 0. The molecule has 1 saturated heterocycles. The van der Waals surface area contributed by atoms with E-state index in [9.17, 15) is 0 Å². The van der Waals surface area contributed by atoms with Crippen LogP contribution in [0.2, 0.25) is 0 Å². The van der Waals surface area contributed by atoms with Gasteiger partial charge in [0.05, 0.1) is 32.0 Å². The molecule has 24 heavy (non-hydrogen) atoms. The second-order valence-electron chi connectivity index (χ2n) is 5.99. The van der Waals surface area contributed by atoms with Gasteiger partial charge >= 0.3 is 0 Å². The minimum atomic E-state index is 0.123. The van der Waals surface area contributed by atoms with Crippen molar-refractivity contribution in [2.45, 2.75) is 26.1 Å². The van der Waals surface area contributed by atoms with E-state index in [2.05, 4.69) is 20.1 Å². The van der Waals surface area contributed by atoms with Crippen molar-refractivity contribution in [3.63, 3.8) is 0 Å². The maximum Gasteiger partial charge on any atom is 0.241 e. The van der Waals surface area contributed by atoms with E-state index >= 15 is 0 Å². The summed E-state index contributed by atoms with van der Waals surface area (Å²) in [5, 5.41) is 12.4. The Bertz CT molecular complexity index is 782. The highest BCUT2D eigenvalue weighted by Crippen LogP contribution is 2.19. The molecule has 0 aromatic carbocycles. The normalized spacial score (nSPS) is 19.0. The van der Waals surface area contributed by atoms with Gasteiger partial charge < -0.3 is 9.26 Å². The van der Waals surface area contributed by atoms with E-state index in [1.54, 1.807) is 11.3 Å². The molecule has 4 heterocycles. The molecule has 4 rings (SSSR count). The number of ether oxygens (including phenoxy) is 1. The first kappa shape index (κ1) is 15.5. The van der Waals surface area contributed by atoms with E-state index in [-0.39, 0.29) is 6.10 Å². The molecule has 7 nitrogen and oxygen atoms in total. The zero-order valence-electron chi connectivity index (χ0n) is 13.5. The van der Waals surface area contributed by atoms with Crippen LogP contribution in [0.5, 0.6) is 0 Å². The molecular weight excluding hydrogens is 326 g/mol. The molecule has 3 aromatic heterocycles. The number of aromatic nitrogens is 4. The van der Waals surface area contributed by atoms with E-state index in [0.717, 1.165) is 30.8 Å². The van der Waals surface area contributed by atoms with E-state index in [1.807, 2.05) is 40.8 Å². The molecule has 0 radical (unpaired) electrons. The maximum atomic E-state index is 5.86. The molecule has 1 aliphatic heterocycles. The van der Waals surface area contributed by atoms with Crippen LogP contribution in [0.4, 0.5) is 0 Å². The molecule has 8 heteroatoms. The lowest BCUT2D eigenvalue weighted by molar-refractivity contribution is -0.0426. The van der Waals surface area contributed by atoms with Gasteiger partial charge in [-0.1, -0.05) is 5.16 Å². The summed E-state index contributed by atoms with van der Waals surface area (Å²) in [5.41, 5.74) is 2.17. The molecule has 126 valence electrons. The maximum absolute atomic E-state index is 5.86. The predicted octanol–water partition coefficient (Wildman–Crippen LogP) is 2.20. The minimum absolute atomic E-state index is 0.123. The molecule has 1 unspecified atom stereocenters. The highest BCUT2D eigenvalue weighted by Gasteiger charge is 2.23. The SMILES string of the molecule is Cc1cnn(CC2CN(Cc3nc(-c4ccsc4)no3)CCO2)c1. The predicted molar refractivity (Wildman–Crippen MR) is 89.6 cm³/mol. The van der Waals surface area contributed by atoms with Gasteiger partial charge in [0.15, 0.2) is 0 Å². The Hall–Kier alpha value is -2.03. The third-order valence-corrected chi connectivity index (χ3v) is 4.67. The van der Waals surface area contributed by atoms with Gasteiger partial charge in [-0.25, -0.2) is 0 Å². The standard InChI is InChI=1S/C16H19N5O2S/c1-12-6-17-21(7-12)9-14-8-20(3-4-22-14)10-15-18-16(19-23-15)13-2-5-24-11-13/h2,5-7,11,14H,3-4,8-10H2,1H3. The molecule has 1 atom stereocenters. The second kappa shape index (κ2) is 6.84. The lowest BCUT2D eigenvalue weighted by Gasteiger charge is -2.31. The Morgan fingerprint density at radius 1 is 1.42 bits per heavy atom. The van der Waals surface area contributed by atoms with Crippen LogP contribution in [0.1, 0.15) is 11.5 Å². The molecule has 0 bridgehead atoms. The van der Waals surface area contributed by atoms with Crippen LogP contribution in [0.3, 0.4) is 0 Å². The summed E-state index contributed by atoms with van der Waals surface area (Å²) in [5.74, 6) is 1.30. The summed E-state index contributed by atoms with van der Waals surface area (Å²) >= 11 is 1.63. The topological polar surface area (TPSA) is 69.2 Å². The first-order valence-electron chi connectivity index (χ1n) is 7.94. The zero-order chi connectivity index (χ0) is 16.4. The van der Waals surface area contributed by atoms with Crippen molar-refractivity contribution in [1.29, 1.82) is 0 Å². The Labute approximate surface area is 143 Å². The molecule has 0 aliphatic carbocycles. The number of morpholine rings is 1. The molecule has 1 aliphatic rings. The smallest absolute Gasteiger partial charge is 0.241 e. The van der Waals surface area contributed by atoms with Crippen LogP contribution >= 0.6 is 11.3 Å². The second-order valence-corrected chi connectivity index (χ2v) is 6.77. The summed E-state index contributed by atoms with van der Waals surface area (Å²) in [4.78, 5) is 6.78. The monoisotopic (exact) mass is 345 g/mol. The van der Waals surface area contributed by atoms with Crippen LogP contribution in [0, 0.1) is 6.92 Å². The highest BCUT2D eigenvalue weighted by atomic mass is 32.1. The highest BCUT2D eigenvalue weighted by molar-refractivity contribution is 7.08. The lowest BCUT2D eigenvalue weighted by Crippen LogP contribution is -2.43. The van der Waals surface area contributed by atoms with Crippen LogP contribution in [0.25, 0.3) is 11.4 Å². The van der Waals surface area contributed by atoms with E-state index in [4.69, 9.17) is 9.26 Å². The van der Waals surface area contributed by atoms with Crippen molar-refractivity contribution < 1.29 is 9.26 Å². The van der Waals surface area contributed by atoms with Gasteiger partial charge in [0.2, 0.25) is 11.7 Å². The summed E-state index contributed by atoms with van der Waals surface area (Å²) < 4.78 is 13.2. The first-order valence-corrected chi connectivity index (χ1v) is 8.89. The number of hydrogen-bond acceptors (Lipinski definition) is 7. The van der Waals surface area contributed by atoms with Crippen molar-refractivity contribution in [1.82, 2.24) is 24.8 Å². The summed E-state index contributed by atoms with van der Waals surface area (Å²) in [6, 6.07) is 2.00. The van der Waals surface area contributed by atoms with Gasteiger partial charge in [-0.05, 0) is 23.9 Å². The van der Waals surface area contributed by atoms with Crippen LogP contribution in [-0.4, -0.2) is 50.6 Å². The van der Waals surface area contributed by atoms with E-state index < -0.39 is 0 Å². The van der Waals surface area contributed by atoms with Gasteiger partial charge in [0, 0.05) is 30.2 Å². The number of aryl methyl sites for hydroxylation is 1. The Morgan fingerprint density at radius 3 is 3.17 bits per heavy atom. The fraction of sp³-hybridized carbons (Fsp3) is 0.438. The average Bonchev–Trinajstić information content (AvgIpc) is 3.29. The molecule has 3 aromatic rings. The van der Waals surface area contributed by atoms with Crippen LogP contribution in [0.15, 0.2) is 33.7 Å². The zero-order valence-corrected chi connectivity index (χ0v) is 14.3. The molecule has 0 N–H and O–H groups in total. The average molecular weight is 345 g/mol. The van der Waals surface area contributed by atoms with Gasteiger partial charge in [0.1, 0.15) is 0 Å². The van der Waals surface area contributed by atoms with Crippen molar-refractivity contribution in [2.24, 2.45) is 0 Å². The van der Waals surface area contributed by atoms with Gasteiger partial charge in [-0.3, -0.25) is 9.58 Å². The largest absolute Gasteiger partial charge is 0.374 e. The third-order valence-electron chi connectivity index (χ3n) is 3.98. The van der Waals surface area contributed by atoms with Crippen LogP contribution < -0.4 is 0 Å². The molecule has 1 fully saturated rings. The summed E-state index contributed by atoms with van der Waals surface area (Å²) in [6.45, 7) is 5.85. The van der Waals surface area contributed by atoms with Gasteiger partial charge in [-0.2, -0.15) is 21.4 Å². The number of rotatable bonds is 5. The molecule has 0 saturated carbocycles. The number of thiophene rings is 1. The fourth-order valence-electron chi connectivity index (χ4n) is 2.83. The molecule has 0 spiro atoms. The number of nitrogens with zero attached hydrogens (tertiary/aromatic N) is 5. The van der Waals surface area contributed by atoms with Gasteiger partial charge in [-0.15, -0.1) is 0 Å². The summed E-state index contributed by atoms with van der Waals surface area (Å²) in [7, 11) is 0. The third kappa shape index (κ3) is 3.55. The Morgan fingerprint density at radius 2 is 2.38 bits per heavy atom. The van der Waals surface area contributed by atoms with Crippen LogP contribution in [-0.2, 0) is 17.8 Å². The Kier molecular flexibility index (Phi) is 4.42. The van der Waals surface area contributed by atoms with Crippen molar-refractivity contribution in [2.75, 3.05) is 19.7 Å². The van der Waals surface area contributed by atoms with E-state index in [1.165, 1.54) is 0 Å². The quantitative estimate of drug-likeness (QED) is 0.706. The minimum Gasteiger partial charge on any atom is -0.374 e. The summed E-state index contributed by atoms with van der Waals surface area (Å²) in [6.07, 6.45) is 4.02. The molecular formula is C16H19N5O2S. The van der Waals surface area contributed by atoms with Crippen molar-refractivity contribution >= 4 is 11.3 Å². The molecule has 0 amide bonds. The van der Waals surface area contributed by atoms with E-state index in [0.29, 0.717) is 24.9 Å². The first-order chi connectivity index (χ1) is 11.8. The Balaban J connectivity index is 1.36. The van der Waals surface area contributed by atoms with Crippen molar-refractivity contribution in [3.8, 4) is 11.4 Å². The van der Waals surface area contributed by atoms with Gasteiger partial charge in [0.25, 0.3) is 0 Å². The fourth-order valence-corrected chi connectivity index (χ4v) is 3.46. The lowest BCUT2D eigenvalue weighted by atomic mass is 10.2. The van der Waals surface area contributed by atoms with Crippen molar-refractivity contribution in [3.05, 3.63) is 40.7 Å².